The van der Waals surface area contributed by atoms with Crippen molar-refractivity contribution in [2.24, 2.45) is 9.98 Å². The highest BCUT2D eigenvalue weighted by molar-refractivity contribution is 14.0. The third kappa shape index (κ3) is 19.9. The molecule has 0 aromatic heterocycles. The number of aliphatic hydroxyl groups excluding tert-OH is 3. The van der Waals surface area contributed by atoms with Gasteiger partial charge in [-0.2, -0.15) is 0 Å². The average molecular weight is 1320 g/mol. The number of nitrogens with zero attached hydrogens (tertiary/aromatic N) is 8. The number of hydrogen-bond acceptors (Lipinski definition) is 15. The lowest BCUT2D eigenvalue weighted by molar-refractivity contribution is 0.0652. The second-order valence-electron chi connectivity index (χ2n) is 19.0. The van der Waals surface area contributed by atoms with Gasteiger partial charge < -0.3 is 40.1 Å². The van der Waals surface area contributed by atoms with Gasteiger partial charge in [-0.05, 0) is 60.7 Å². The lowest BCUT2D eigenvalue weighted by atomic mass is 10.1. The molecule has 5 heterocycles. The summed E-state index contributed by atoms with van der Waals surface area (Å²) in [7, 11) is 0. The first-order valence-corrected chi connectivity index (χ1v) is 30.9. The van der Waals surface area contributed by atoms with Gasteiger partial charge in [0.2, 0.25) is 0 Å². The molecule has 6 aromatic rings. The molecule has 0 atom stereocenters. The van der Waals surface area contributed by atoms with E-state index in [0.29, 0.717) is 25.0 Å². The lowest BCUT2D eigenvalue weighted by Gasteiger charge is -2.36. The Morgan fingerprint density at radius 1 is 0.512 bits per heavy atom. The summed E-state index contributed by atoms with van der Waals surface area (Å²) < 4.78 is 5.40. The summed E-state index contributed by atoms with van der Waals surface area (Å²) in [6, 6.07) is 52.0. The van der Waals surface area contributed by atoms with E-state index in [2.05, 4.69) is 139 Å². The number of urea groups is 1. The van der Waals surface area contributed by atoms with Crippen LogP contribution in [0.1, 0.15) is 18.6 Å². The summed E-state index contributed by atoms with van der Waals surface area (Å²) in [4.78, 5) is 43.7. The van der Waals surface area contributed by atoms with Crippen molar-refractivity contribution in [2.75, 3.05) is 148 Å². The van der Waals surface area contributed by atoms with Crippen molar-refractivity contribution in [3.63, 3.8) is 0 Å². The molecule has 5 aliphatic heterocycles. The molecule has 0 saturated carbocycles. The van der Waals surface area contributed by atoms with Crippen LogP contribution in [0.15, 0.2) is 191 Å². The summed E-state index contributed by atoms with van der Waals surface area (Å²) in [5.74, 6) is 3.53. The monoisotopic (exact) mass is 1320 g/mol. The third-order valence-corrected chi connectivity index (χ3v) is 17.4. The number of amidine groups is 2. The smallest absolute Gasteiger partial charge is 0.321 e. The second-order valence-corrected chi connectivity index (χ2v) is 23.0. The van der Waals surface area contributed by atoms with E-state index in [1.807, 2.05) is 59.1 Å². The fourth-order valence-corrected chi connectivity index (χ4v) is 12.9. The standard InChI is InChI=1S/C21H25N3O2S.C19H22ClN3OS.C19H20ClN3S.C2H6O2.CH4.HI/c25-14-16-26-15-13-23-9-11-24(12-10-23)21-17-5-1-3-7-19(17)27-20-8-4-2-6-18(20)22-21;20-10-11-22-12-14-23(15-13-22)19(24)21-17-8-4-5-9-18(17)25-16-6-2-1-3-7-16;20-9-10-22-11-13-23(14-12-22)19-15-5-1-3-7-17(15)24-18-8-4-2-6-16(18)21-19;3-1-2-4;;/h1-8,25H,9-16H2;1-9H,10-15H2,(H,21,24);1-8H,9-14H2;3-4H,1-2H2;1H4;1H. The number of carbonyl (C=O) groups excluding carboxylic acids is 1. The molecule has 440 valence electrons. The van der Waals surface area contributed by atoms with E-state index in [-0.39, 0.29) is 57.3 Å². The minimum absolute atomic E-state index is 0. The summed E-state index contributed by atoms with van der Waals surface area (Å²) in [5.41, 5.74) is 5.43. The average Bonchev–Trinajstić information content (AvgIpc) is 4.02. The molecule has 2 amide bonds. The van der Waals surface area contributed by atoms with Crippen LogP contribution in [0.25, 0.3) is 0 Å². The molecule has 4 N–H and O–H groups in total. The fourth-order valence-electron chi connectivity index (χ4n) is 9.43. The maximum atomic E-state index is 12.6. The van der Waals surface area contributed by atoms with E-state index in [9.17, 15) is 4.79 Å². The summed E-state index contributed by atoms with van der Waals surface area (Å²) in [5, 5.41) is 27.1. The molecule has 20 heteroatoms. The fraction of sp³-hybridized carbons (Fsp3) is 0.371. The maximum absolute atomic E-state index is 12.6. The van der Waals surface area contributed by atoms with Crippen LogP contribution in [0.4, 0.5) is 21.9 Å². The largest absolute Gasteiger partial charge is 0.394 e. The predicted molar refractivity (Wildman–Crippen MR) is 352 cm³/mol. The molecule has 3 saturated heterocycles. The predicted octanol–water partition coefficient (Wildman–Crippen LogP) is 11.4. The van der Waals surface area contributed by atoms with Crippen LogP contribution in [0, 0.1) is 0 Å². The van der Waals surface area contributed by atoms with Crippen molar-refractivity contribution in [1.82, 2.24) is 29.4 Å². The van der Waals surface area contributed by atoms with Gasteiger partial charge in [0.05, 0.1) is 50.1 Å². The van der Waals surface area contributed by atoms with Crippen molar-refractivity contribution >= 4 is 117 Å². The molecular weight excluding hydrogens is 1240 g/mol. The van der Waals surface area contributed by atoms with Crippen molar-refractivity contribution in [3.8, 4) is 0 Å². The van der Waals surface area contributed by atoms with Gasteiger partial charge >= 0.3 is 6.03 Å². The number of hydrogen-bond donors (Lipinski definition) is 4. The molecule has 0 unspecified atom stereocenters. The number of piperazine rings is 3. The Bertz CT molecular complexity index is 2910. The molecule has 11 rings (SSSR count). The van der Waals surface area contributed by atoms with Gasteiger partial charge in [-0.25, -0.2) is 14.8 Å². The number of nitrogens with one attached hydrogen (secondary N) is 1. The molecule has 14 nitrogen and oxygen atoms in total. The van der Waals surface area contributed by atoms with Gasteiger partial charge in [0, 0.05) is 150 Å². The Labute approximate surface area is 525 Å². The number of fused-ring (bicyclic) bond motifs is 4. The maximum Gasteiger partial charge on any atom is 0.321 e. The zero-order valence-electron chi connectivity index (χ0n) is 45.6. The minimum atomic E-state index is -0.125. The molecule has 0 spiro atoms. The van der Waals surface area contributed by atoms with E-state index >= 15 is 0 Å². The van der Waals surface area contributed by atoms with Crippen molar-refractivity contribution < 1.29 is 24.9 Å². The van der Waals surface area contributed by atoms with Crippen LogP contribution in [0.3, 0.4) is 0 Å². The van der Waals surface area contributed by atoms with Gasteiger partial charge in [0.25, 0.3) is 0 Å². The highest BCUT2D eigenvalue weighted by Crippen LogP contribution is 2.42. The summed E-state index contributed by atoms with van der Waals surface area (Å²) in [6.07, 6.45) is 0. The number of halogens is 3. The van der Waals surface area contributed by atoms with Crippen LogP contribution >= 0.6 is 82.5 Å². The number of ether oxygens (including phenoxy) is 1. The van der Waals surface area contributed by atoms with E-state index < -0.39 is 0 Å². The number of para-hydroxylation sites is 3. The number of aliphatic imine (C=N–C) groups is 2. The molecular formula is C62H78Cl2IN9O5S3. The van der Waals surface area contributed by atoms with Gasteiger partial charge in [0.1, 0.15) is 11.7 Å². The molecule has 6 aromatic carbocycles. The van der Waals surface area contributed by atoms with E-state index in [1.165, 1.54) is 30.7 Å². The van der Waals surface area contributed by atoms with E-state index in [1.54, 1.807) is 23.5 Å². The summed E-state index contributed by atoms with van der Waals surface area (Å²) in [6.45, 7) is 14.9. The Kier molecular flexibility index (Phi) is 29.7. The second kappa shape index (κ2) is 36.5. The SMILES string of the molecule is C.ClCCN1CCN(C2=Nc3ccccc3Sc3ccccc32)CC1.I.O=C(Nc1ccccc1Sc1ccccc1)N1CCN(CCCl)CC1.OCCO.OCCOCCN1CCN(C2=Nc3ccccc3Sc3ccccc32)CC1. The number of alkyl halides is 2. The topological polar surface area (TPSA) is 143 Å². The van der Waals surface area contributed by atoms with E-state index in [4.69, 9.17) is 53.2 Å². The first-order chi connectivity index (χ1) is 39.4. The Morgan fingerprint density at radius 2 is 0.939 bits per heavy atom. The van der Waals surface area contributed by atoms with Gasteiger partial charge in [0.15, 0.2) is 0 Å². The van der Waals surface area contributed by atoms with Crippen LogP contribution < -0.4 is 5.32 Å². The summed E-state index contributed by atoms with van der Waals surface area (Å²) >= 11 is 16.9. The van der Waals surface area contributed by atoms with Crippen molar-refractivity contribution in [3.05, 3.63) is 163 Å². The van der Waals surface area contributed by atoms with Crippen molar-refractivity contribution in [1.29, 1.82) is 0 Å². The number of anilines is 1. The normalized spacial score (nSPS) is 15.8. The van der Waals surface area contributed by atoms with Crippen LogP contribution in [0.5, 0.6) is 0 Å². The minimum Gasteiger partial charge on any atom is -0.394 e. The first-order valence-electron chi connectivity index (χ1n) is 27.3. The third-order valence-electron chi connectivity index (χ3n) is 13.7. The quantitative estimate of drug-likeness (QED) is 0.0495. The molecule has 0 aliphatic carbocycles. The Morgan fingerprint density at radius 3 is 1.43 bits per heavy atom. The van der Waals surface area contributed by atoms with Gasteiger partial charge in [-0.1, -0.05) is 134 Å². The number of rotatable bonds is 13. The zero-order valence-corrected chi connectivity index (χ0v) is 51.9. The van der Waals surface area contributed by atoms with Crippen LogP contribution in [0.2, 0.25) is 0 Å². The lowest BCUT2D eigenvalue weighted by Crippen LogP contribution is -2.50. The number of benzene rings is 6. The van der Waals surface area contributed by atoms with E-state index in [0.717, 1.165) is 137 Å². The van der Waals surface area contributed by atoms with Crippen molar-refractivity contribution in [2.45, 2.75) is 36.8 Å². The van der Waals surface area contributed by atoms with Crippen LogP contribution in [-0.2, 0) is 4.74 Å². The zero-order chi connectivity index (χ0) is 55.7. The van der Waals surface area contributed by atoms with Crippen LogP contribution in [-0.4, -0.2) is 205 Å². The Balaban J connectivity index is 0.000000189. The highest BCUT2D eigenvalue weighted by Gasteiger charge is 2.27. The first kappa shape index (κ1) is 66.7. The highest BCUT2D eigenvalue weighted by atomic mass is 127. The van der Waals surface area contributed by atoms with Gasteiger partial charge in [-0.15, -0.1) is 47.2 Å². The number of amides is 2. The molecule has 82 heavy (non-hydrogen) atoms. The molecule has 3 fully saturated rings. The number of aliphatic hydroxyl groups is 3. The van der Waals surface area contributed by atoms with Gasteiger partial charge in [-0.3, -0.25) is 14.7 Å². The molecule has 0 radical (unpaired) electrons. The molecule has 0 bridgehead atoms. The Hall–Kier alpha value is -4.39. The molecule has 5 aliphatic rings. The number of carbonyl (C=O) groups is 1.